The molecule has 0 aromatic carbocycles. The maximum absolute atomic E-state index is 4.87. The number of nitrogens with one attached hydrogen (secondary N) is 1. The lowest BCUT2D eigenvalue weighted by Gasteiger charge is -2.32. The van der Waals surface area contributed by atoms with Gasteiger partial charge in [-0.2, -0.15) is 0 Å². The topological polar surface area (TPSA) is 15.3 Å². The van der Waals surface area contributed by atoms with Crippen molar-refractivity contribution in [1.29, 1.82) is 0 Å². The molecule has 1 heterocycles. The Morgan fingerprint density at radius 2 is 2.00 bits per heavy atom. The molecule has 0 bridgehead atoms. The first-order valence-electron chi connectivity index (χ1n) is 4.43. The number of likely N-dealkylation sites (tertiary alicyclic amines) is 1. The maximum Gasteiger partial charge on any atom is 0.131 e. The van der Waals surface area contributed by atoms with Gasteiger partial charge in [0.1, 0.15) is 4.32 Å². The highest BCUT2D eigenvalue weighted by molar-refractivity contribution is 8.11. The van der Waals surface area contributed by atoms with Crippen molar-refractivity contribution >= 4 is 29.2 Å². The average molecular weight is 204 g/mol. The highest BCUT2D eigenvalue weighted by Gasteiger charge is 2.15. The van der Waals surface area contributed by atoms with Gasteiger partial charge in [-0.3, -0.25) is 4.90 Å². The summed E-state index contributed by atoms with van der Waals surface area (Å²) in [6, 6.07) is 0. The van der Waals surface area contributed by atoms with Crippen LogP contribution in [0.15, 0.2) is 0 Å². The molecule has 0 radical (unpaired) electrons. The van der Waals surface area contributed by atoms with E-state index in [9.17, 15) is 0 Å². The molecule has 1 atom stereocenters. The van der Waals surface area contributed by atoms with E-state index < -0.39 is 0 Å². The van der Waals surface area contributed by atoms with Crippen LogP contribution in [0.2, 0.25) is 0 Å². The molecule has 4 heteroatoms. The number of thiol groups is 1. The Morgan fingerprint density at radius 3 is 2.50 bits per heavy atom. The Hall–Kier alpha value is 0.200. The minimum absolute atomic E-state index is 0.343. The van der Waals surface area contributed by atoms with Crippen LogP contribution in [-0.2, 0) is 0 Å². The molecule has 12 heavy (non-hydrogen) atoms. The maximum atomic E-state index is 4.87. The van der Waals surface area contributed by atoms with Crippen LogP contribution in [0.1, 0.15) is 26.2 Å². The van der Waals surface area contributed by atoms with Crippen LogP contribution in [0.4, 0.5) is 0 Å². The van der Waals surface area contributed by atoms with Crippen LogP contribution in [0.5, 0.6) is 0 Å². The molecular formula is C8H16N2S2. The Labute approximate surface area is 85.1 Å². The van der Waals surface area contributed by atoms with Crippen LogP contribution in [0, 0.1) is 0 Å². The summed E-state index contributed by atoms with van der Waals surface area (Å²) in [5.41, 5.74) is 0. The lowest BCUT2D eigenvalue weighted by Crippen LogP contribution is -2.46. The smallest absolute Gasteiger partial charge is 0.131 e. The van der Waals surface area contributed by atoms with Gasteiger partial charge in [-0.1, -0.05) is 18.6 Å². The third-order valence-corrected chi connectivity index (χ3v) is 2.52. The Kier molecular flexibility index (Phi) is 4.32. The lowest BCUT2D eigenvalue weighted by atomic mass is 10.1. The van der Waals surface area contributed by atoms with Crippen molar-refractivity contribution in [3.63, 3.8) is 0 Å². The van der Waals surface area contributed by atoms with Gasteiger partial charge in [-0.25, -0.2) is 0 Å². The number of hydrogen-bond donors (Lipinski definition) is 2. The molecule has 1 N–H and O–H groups in total. The van der Waals surface area contributed by atoms with E-state index in [1.54, 1.807) is 0 Å². The highest BCUT2D eigenvalue weighted by Crippen LogP contribution is 2.10. The standard InChI is InChI=1S/C8H16N2S2/c1-7(9-8(11)12)10-5-3-2-4-6-10/h7H,2-6H2,1H3,(H2,9,11,12). The van der Waals surface area contributed by atoms with Crippen molar-refractivity contribution in [1.82, 2.24) is 10.2 Å². The molecule has 1 aliphatic rings. The van der Waals surface area contributed by atoms with Crippen LogP contribution in [0.3, 0.4) is 0 Å². The van der Waals surface area contributed by atoms with E-state index in [2.05, 4.69) is 29.8 Å². The van der Waals surface area contributed by atoms with Crippen LogP contribution >= 0.6 is 24.8 Å². The largest absolute Gasteiger partial charge is 0.356 e. The second-order valence-electron chi connectivity index (χ2n) is 3.22. The Balaban J connectivity index is 2.29. The summed E-state index contributed by atoms with van der Waals surface area (Å²) in [5, 5.41) is 3.13. The molecule has 0 saturated carbocycles. The molecule has 70 valence electrons. The van der Waals surface area contributed by atoms with E-state index in [0.717, 1.165) is 0 Å². The summed E-state index contributed by atoms with van der Waals surface area (Å²) in [7, 11) is 0. The summed E-state index contributed by atoms with van der Waals surface area (Å²) in [6.45, 7) is 4.50. The van der Waals surface area contributed by atoms with Crippen molar-refractivity contribution in [2.45, 2.75) is 32.4 Å². The van der Waals surface area contributed by atoms with E-state index in [-0.39, 0.29) is 0 Å². The molecular weight excluding hydrogens is 188 g/mol. The van der Waals surface area contributed by atoms with E-state index >= 15 is 0 Å². The molecule has 1 rings (SSSR count). The van der Waals surface area contributed by atoms with Gasteiger partial charge < -0.3 is 5.32 Å². The lowest BCUT2D eigenvalue weighted by molar-refractivity contribution is 0.165. The minimum atomic E-state index is 0.343. The van der Waals surface area contributed by atoms with Gasteiger partial charge in [-0.05, 0) is 19.8 Å². The third-order valence-electron chi connectivity index (χ3n) is 2.27. The summed E-state index contributed by atoms with van der Waals surface area (Å²) in [5.74, 6) is 0. The SMILES string of the molecule is CC(NC(=S)S)N1CCCCC1. The Bertz CT molecular complexity index is 155. The first kappa shape index (κ1) is 10.3. The number of rotatable bonds is 2. The van der Waals surface area contributed by atoms with E-state index in [1.165, 1.54) is 32.4 Å². The number of piperidine rings is 1. The molecule has 0 aromatic rings. The average Bonchev–Trinajstić information content (AvgIpc) is 2.05. The quantitative estimate of drug-likeness (QED) is 0.525. The van der Waals surface area contributed by atoms with Crippen molar-refractivity contribution in [2.75, 3.05) is 13.1 Å². The van der Waals surface area contributed by atoms with Crippen molar-refractivity contribution < 1.29 is 0 Å². The van der Waals surface area contributed by atoms with Crippen molar-refractivity contribution in [2.24, 2.45) is 0 Å². The zero-order valence-electron chi connectivity index (χ0n) is 7.42. The van der Waals surface area contributed by atoms with Gasteiger partial charge >= 0.3 is 0 Å². The van der Waals surface area contributed by atoms with Gasteiger partial charge in [0.05, 0.1) is 6.17 Å². The van der Waals surface area contributed by atoms with Crippen molar-refractivity contribution in [3.05, 3.63) is 0 Å². The van der Waals surface area contributed by atoms with E-state index in [4.69, 9.17) is 12.2 Å². The molecule has 2 nitrogen and oxygen atoms in total. The molecule has 1 saturated heterocycles. The van der Waals surface area contributed by atoms with Gasteiger partial charge in [0.15, 0.2) is 0 Å². The van der Waals surface area contributed by atoms with Gasteiger partial charge in [0, 0.05) is 13.1 Å². The fourth-order valence-corrected chi connectivity index (χ4v) is 1.93. The number of thiocarbonyl (C=S) groups is 1. The van der Waals surface area contributed by atoms with E-state index in [1.807, 2.05) is 0 Å². The highest BCUT2D eigenvalue weighted by atomic mass is 32.1. The van der Waals surface area contributed by atoms with Crippen LogP contribution in [0.25, 0.3) is 0 Å². The predicted molar refractivity (Wildman–Crippen MR) is 59.6 cm³/mol. The summed E-state index contributed by atoms with van der Waals surface area (Å²) in [6.07, 6.45) is 4.33. The van der Waals surface area contributed by atoms with Gasteiger partial charge in [0.25, 0.3) is 0 Å². The predicted octanol–water partition coefficient (Wildman–Crippen LogP) is 1.62. The molecule has 1 aliphatic heterocycles. The zero-order chi connectivity index (χ0) is 8.97. The molecule has 0 aliphatic carbocycles. The molecule has 0 amide bonds. The molecule has 0 aromatic heterocycles. The first-order valence-corrected chi connectivity index (χ1v) is 5.29. The second-order valence-corrected chi connectivity index (χ2v) is 4.38. The van der Waals surface area contributed by atoms with Crippen molar-refractivity contribution in [3.8, 4) is 0 Å². The van der Waals surface area contributed by atoms with E-state index in [0.29, 0.717) is 10.5 Å². The first-order chi connectivity index (χ1) is 5.70. The second kappa shape index (κ2) is 5.04. The Morgan fingerprint density at radius 1 is 1.42 bits per heavy atom. The molecule has 1 unspecified atom stereocenters. The fraction of sp³-hybridized carbons (Fsp3) is 0.875. The zero-order valence-corrected chi connectivity index (χ0v) is 9.13. The molecule has 0 spiro atoms. The normalized spacial score (nSPS) is 21.8. The third kappa shape index (κ3) is 3.29. The summed E-state index contributed by atoms with van der Waals surface area (Å²) >= 11 is 8.92. The number of nitrogens with zero attached hydrogens (tertiary/aromatic N) is 1. The van der Waals surface area contributed by atoms with Crippen LogP contribution in [-0.4, -0.2) is 28.5 Å². The van der Waals surface area contributed by atoms with Crippen LogP contribution < -0.4 is 5.32 Å². The number of hydrogen-bond acceptors (Lipinski definition) is 2. The summed E-state index contributed by atoms with van der Waals surface area (Å²) in [4.78, 5) is 2.41. The fourth-order valence-electron chi connectivity index (χ4n) is 1.58. The van der Waals surface area contributed by atoms with Gasteiger partial charge in [0.2, 0.25) is 0 Å². The summed E-state index contributed by atoms with van der Waals surface area (Å²) < 4.78 is 0.591. The van der Waals surface area contributed by atoms with Gasteiger partial charge in [-0.15, -0.1) is 12.6 Å². The molecule has 1 fully saturated rings. The monoisotopic (exact) mass is 204 g/mol. The minimum Gasteiger partial charge on any atom is -0.356 e.